The molecule has 0 saturated carbocycles. The van der Waals surface area contributed by atoms with Crippen LogP contribution in [0, 0.1) is 5.92 Å². The van der Waals surface area contributed by atoms with Crippen molar-refractivity contribution in [3.63, 3.8) is 0 Å². The number of hydrogen-bond acceptors (Lipinski definition) is 9. The summed E-state index contributed by atoms with van der Waals surface area (Å²) in [6.07, 6.45) is 1.30. The summed E-state index contributed by atoms with van der Waals surface area (Å²) < 4.78 is 31.3. The van der Waals surface area contributed by atoms with E-state index >= 15 is 0 Å². The number of phenolic OH excluding ortho intramolecular Hbond substituents is 1. The summed E-state index contributed by atoms with van der Waals surface area (Å²) in [6.45, 7) is 9.03. The summed E-state index contributed by atoms with van der Waals surface area (Å²) in [7, 11) is -3.67. The topological polar surface area (TPSA) is 140 Å². The van der Waals surface area contributed by atoms with Crippen molar-refractivity contribution in [3.05, 3.63) is 53.1 Å². The molecule has 2 aromatic carbocycles. The number of sulfonamides is 1. The zero-order chi connectivity index (χ0) is 27.3. The van der Waals surface area contributed by atoms with Crippen LogP contribution in [0.25, 0.3) is 5.76 Å². The van der Waals surface area contributed by atoms with Crippen molar-refractivity contribution >= 4 is 50.7 Å². The van der Waals surface area contributed by atoms with Crippen LogP contribution >= 0.6 is 11.9 Å². The molecule has 0 fully saturated rings. The molecule has 2 aliphatic rings. The maximum atomic E-state index is 14.0. The van der Waals surface area contributed by atoms with Crippen LogP contribution in [0.1, 0.15) is 58.6 Å². The molecule has 0 spiro atoms. The van der Waals surface area contributed by atoms with Crippen molar-refractivity contribution in [1.29, 1.82) is 0 Å². The number of Topliss-reactive ketones (excluding diaryl/α,β-unsaturated/α-hetero) is 1. The van der Waals surface area contributed by atoms with Crippen LogP contribution in [0.4, 0.5) is 11.4 Å². The number of carbonyl (C=O) groups is 1. The van der Waals surface area contributed by atoms with Gasteiger partial charge in [0.25, 0.3) is 0 Å². The Labute approximate surface area is 221 Å². The molecule has 0 saturated heterocycles. The number of amidine groups is 1. The molecular weight excluding hydrogens is 514 g/mol. The van der Waals surface area contributed by atoms with Gasteiger partial charge >= 0.3 is 0 Å². The fourth-order valence-electron chi connectivity index (χ4n) is 4.45. The van der Waals surface area contributed by atoms with E-state index in [-0.39, 0.29) is 39.2 Å². The van der Waals surface area contributed by atoms with E-state index < -0.39 is 26.4 Å². The lowest BCUT2D eigenvalue weighted by molar-refractivity contribution is -0.120. The van der Waals surface area contributed by atoms with Crippen molar-refractivity contribution in [2.45, 2.75) is 63.0 Å². The number of phenols is 1. The molecule has 11 heteroatoms. The number of fused-ring (bicyclic) bond motifs is 2. The highest BCUT2D eigenvalue weighted by atomic mass is 32.2. The number of carbonyl (C=O) groups excluding carboxylic acids is 1. The van der Waals surface area contributed by atoms with Gasteiger partial charge in [-0.25, -0.2) is 8.42 Å². The van der Waals surface area contributed by atoms with Gasteiger partial charge in [-0.3, -0.25) is 14.7 Å². The summed E-state index contributed by atoms with van der Waals surface area (Å²) in [5.41, 5.74) is 0.125. The second-order valence-corrected chi connectivity index (χ2v) is 13.3. The average Bonchev–Trinajstić information content (AvgIpc) is 2.82. The van der Waals surface area contributed by atoms with Gasteiger partial charge in [0.1, 0.15) is 22.8 Å². The molecule has 9 nitrogen and oxygen atoms in total. The Morgan fingerprint density at radius 1 is 1.14 bits per heavy atom. The summed E-state index contributed by atoms with van der Waals surface area (Å²) >= 11 is 0.855. The minimum Gasteiger partial charge on any atom is -0.506 e. The van der Waals surface area contributed by atoms with Gasteiger partial charge in [0, 0.05) is 23.6 Å². The van der Waals surface area contributed by atoms with Crippen molar-refractivity contribution in [1.82, 2.24) is 0 Å². The Hall–Kier alpha value is -3.02. The first-order chi connectivity index (χ1) is 17.3. The van der Waals surface area contributed by atoms with Gasteiger partial charge in [-0.05, 0) is 51.2 Å². The number of nitrogens with zero attached hydrogens (tertiary/aromatic N) is 2. The van der Waals surface area contributed by atoms with Gasteiger partial charge in [-0.2, -0.15) is 9.46 Å². The fourth-order valence-corrected chi connectivity index (χ4v) is 5.94. The van der Waals surface area contributed by atoms with E-state index in [9.17, 15) is 28.6 Å². The lowest BCUT2D eigenvalue weighted by Crippen LogP contribution is -2.44. The first kappa shape index (κ1) is 27.0. The van der Waals surface area contributed by atoms with E-state index in [0.717, 1.165) is 18.4 Å². The molecule has 4 rings (SSSR count). The molecular formula is C26H31N3O6S2. The molecule has 2 aromatic rings. The van der Waals surface area contributed by atoms with Gasteiger partial charge in [0.05, 0.1) is 21.2 Å². The van der Waals surface area contributed by atoms with Crippen molar-refractivity contribution in [3.8, 4) is 5.75 Å². The van der Waals surface area contributed by atoms with Gasteiger partial charge < -0.3 is 10.2 Å². The molecule has 37 heavy (non-hydrogen) atoms. The van der Waals surface area contributed by atoms with Crippen molar-refractivity contribution in [2.24, 2.45) is 10.3 Å². The number of aliphatic hydroxyl groups is 1. The minimum absolute atomic E-state index is 0.0710. The van der Waals surface area contributed by atoms with E-state index in [2.05, 4.69) is 23.0 Å². The number of aliphatic hydroxyl groups excluding tert-OH is 1. The molecule has 1 aliphatic carbocycles. The Morgan fingerprint density at radius 3 is 2.46 bits per heavy atom. The molecule has 0 amide bonds. The lowest BCUT2D eigenvalue weighted by Gasteiger charge is -2.37. The highest BCUT2D eigenvalue weighted by molar-refractivity contribution is 7.98. The quantitative estimate of drug-likeness (QED) is 0.339. The largest absolute Gasteiger partial charge is 0.506 e. The van der Waals surface area contributed by atoms with Gasteiger partial charge in [-0.15, -0.1) is 0 Å². The Bertz CT molecular complexity index is 1430. The third-order valence-electron chi connectivity index (χ3n) is 6.77. The van der Waals surface area contributed by atoms with Crippen LogP contribution < -0.4 is 9.79 Å². The highest BCUT2D eigenvalue weighted by Gasteiger charge is 2.47. The predicted molar refractivity (Wildman–Crippen MR) is 146 cm³/mol. The van der Waals surface area contributed by atoms with Crippen LogP contribution in [0.3, 0.4) is 0 Å². The number of benzene rings is 2. The van der Waals surface area contributed by atoms with E-state index in [1.807, 2.05) is 19.1 Å². The van der Waals surface area contributed by atoms with E-state index in [4.69, 9.17) is 0 Å². The van der Waals surface area contributed by atoms with Crippen LogP contribution in [-0.2, 0) is 20.2 Å². The fraction of sp³-hybridized carbons (Fsp3) is 0.385. The van der Waals surface area contributed by atoms with Crippen molar-refractivity contribution in [2.75, 3.05) is 9.79 Å². The molecule has 0 aromatic heterocycles. The number of anilines is 2. The second-order valence-electron chi connectivity index (χ2n) is 10.2. The third-order valence-corrected chi connectivity index (χ3v) is 9.30. The number of rotatable bonds is 7. The van der Waals surface area contributed by atoms with Crippen LogP contribution in [-0.4, -0.2) is 40.7 Å². The minimum atomic E-state index is -3.67. The molecule has 1 aliphatic heterocycles. The lowest BCUT2D eigenvalue weighted by atomic mass is 9.66. The van der Waals surface area contributed by atoms with Crippen LogP contribution in [0.5, 0.6) is 5.75 Å². The van der Waals surface area contributed by atoms with Gasteiger partial charge in [-0.1, -0.05) is 38.1 Å². The highest BCUT2D eigenvalue weighted by Crippen LogP contribution is 2.48. The second kappa shape index (κ2) is 9.70. The zero-order valence-corrected chi connectivity index (χ0v) is 22.9. The maximum Gasteiger partial charge on any atom is 0.235 e. The average molecular weight is 546 g/mol. The Morgan fingerprint density at radius 2 is 1.81 bits per heavy atom. The number of ketones is 1. The van der Waals surface area contributed by atoms with Crippen molar-refractivity contribution < 1.29 is 28.6 Å². The summed E-state index contributed by atoms with van der Waals surface area (Å²) in [5, 5.41) is 32.9. The first-order valence-corrected chi connectivity index (χ1v) is 14.3. The SMILES string of the molecule is CC(C)CCC1(C)C(=O)C(C2=NSc3cc(NS(=O)(=O)C(C)C)cc(O)c3N2O)=C(O)c2ccccc21. The Kier molecular flexibility index (Phi) is 7.08. The van der Waals surface area contributed by atoms with Gasteiger partial charge in [0.15, 0.2) is 11.6 Å². The number of aromatic hydroxyl groups is 1. The van der Waals surface area contributed by atoms with Crippen LogP contribution in [0.2, 0.25) is 0 Å². The molecule has 1 heterocycles. The molecule has 0 radical (unpaired) electrons. The molecule has 198 valence electrons. The first-order valence-electron chi connectivity index (χ1n) is 12.0. The Balaban J connectivity index is 1.79. The summed E-state index contributed by atoms with van der Waals surface area (Å²) in [4.78, 5) is 14.2. The summed E-state index contributed by atoms with van der Waals surface area (Å²) in [5.74, 6) is -0.969. The van der Waals surface area contributed by atoms with Gasteiger partial charge in [0.2, 0.25) is 10.0 Å². The maximum absolute atomic E-state index is 14.0. The van der Waals surface area contributed by atoms with Crippen LogP contribution in [0.15, 0.2) is 51.3 Å². The predicted octanol–water partition coefficient (Wildman–Crippen LogP) is 5.40. The number of hydroxylamine groups is 1. The molecule has 1 unspecified atom stereocenters. The molecule has 4 N–H and O–H groups in total. The number of hydrogen-bond donors (Lipinski definition) is 4. The number of nitrogens with one attached hydrogen (secondary N) is 1. The normalized spacial score (nSPS) is 19.7. The molecule has 0 bridgehead atoms. The van der Waals surface area contributed by atoms with E-state index in [1.54, 1.807) is 12.1 Å². The molecule has 1 atom stereocenters. The smallest absolute Gasteiger partial charge is 0.235 e. The zero-order valence-electron chi connectivity index (χ0n) is 21.3. The third kappa shape index (κ3) is 4.71. The standard InChI is InChI=1S/C26H31N3O6S2/c1-14(2)10-11-26(5)18-9-7-6-8-17(18)23(31)21(24(26)32)25-27-36-20-13-16(28-37(34,35)15(3)4)12-19(30)22(20)29(25)33/h6-9,12-15,28,30-31,33H,10-11H2,1-5H3. The van der Waals surface area contributed by atoms with E-state index in [1.165, 1.54) is 26.0 Å². The summed E-state index contributed by atoms with van der Waals surface area (Å²) in [6, 6.07) is 9.74. The monoisotopic (exact) mass is 545 g/mol. The van der Waals surface area contributed by atoms with E-state index in [0.29, 0.717) is 28.5 Å².